The maximum absolute atomic E-state index is 12.2. The molecule has 23 heavy (non-hydrogen) atoms. The van der Waals surface area contributed by atoms with Gasteiger partial charge in [-0.3, -0.25) is 0 Å². The molecular formula is C18H15O3PSe. The van der Waals surface area contributed by atoms with E-state index in [-0.39, 0.29) is 11.2 Å². The summed E-state index contributed by atoms with van der Waals surface area (Å²) < 4.78 is 11.6. The quantitative estimate of drug-likeness (QED) is 0.509. The maximum atomic E-state index is 12.2. The summed E-state index contributed by atoms with van der Waals surface area (Å²) in [5, 5.41) is 2.04. The van der Waals surface area contributed by atoms with Gasteiger partial charge < -0.3 is 0 Å². The van der Waals surface area contributed by atoms with Crippen LogP contribution in [-0.2, 0) is 0 Å². The molecule has 1 heterocycles. The van der Waals surface area contributed by atoms with E-state index in [1.807, 2.05) is 60.7 Å². The molecule has 0 radical (unpaired) electrons. The molecule has 0 N–H and O–H groups in total. The molecule has 3 nitrogen and oxygen atoms in total. The predicted octanol–water partition coefficient (Wildman–Crippen LogP) is 2.99. The molecule has 0 aliphatic heterocycles. The molecule has 2 aromatic carbocycles. The van der Waals surface area contributed by atoms with Crippen molar-refractivity contribution >= 4 is 31.4 Å². The monoisotopic (exact) mass is 390 g/mol. The van der Waals surface area contributed by atoms with Gasteiger partial charge in [0.05, 0.1) is 0 Å². The first-order chi connectivity index (χ1) is 11.1. The van der Waals surface area contributed by atoms with E-state index in [2.05, 4.69) is 15.1 Å². The summed E-state index contributed by atoms with van der Waals surface area (Å²) in [5.74, 6) is 0.733. The molecule has 3 rings (SSSR count). The Balaban J connectivity index is 2.18. The van der Waals surface area contributed by atoms with Crippen molar-refractivity contribution < 1.29 is 8.94 Å². The van der Waals surface area contributed by atoms with Gasteiger partial charge in [-0.05, 0) is 0 Å². The summed E-state index contributed by atoms with van der Waals surface area (Å²) >= 11 is 3.23. The summed E-state index contributed by atoms with van der Waals surface area (Å²) in [6.07, 6.45) is 1.38. The van der Waals surface area contributed by atoms with Crippen LogP contribution in [0, 0.1) is 6.92 Å². The molecule has 0 bridgehead atoms. The molecule has 0 aliphatic rings. The minimum absolute atomic E-state index is 0.180. The van der Waals surface area contributed by atoms with Gasteiger partial charge in [-0.25, -0.2) is 0 Å². The second-order valence-electron chi connectivity index (χ2n) is 4.98. The Labute approximate surface area is 142 Å². The first kappa shape index (κ1) is 16.0. The molecule has 5 heteroatoms. The van der Waals surface area contributed by atoms with Gasteiger partial charge >= 0.3 is 142 Å². The molecule has 0 fully saturated rings. The summed E-state index contributed by atoms with van der Waals surface area (Å²) in [5.41, 5.74) is -2.52. The third kappa shape index (κ3) is 3.25. The first-order valence-electron chi connectivity index (χ1n) is 7.10. The van der Waals surface area contributed by atoms with Crippen LogP contribution < -0.4 is 20.6 Å². The molecule has 0 atom stereocenters. The van der Waals surface area contributed by atoms with Gasteiger partial charge in [0.25, 0.3) is 0 Å². The average Bonchev–Trinajstić information content (AvgIpc) is 2.60. The SMILES string of the molecule is Cc1occc(=O)c1OP(=[Se])(c1ccccc1)c1ccccc1. The second-order valence-corrected chi connectivity index (χ2v) is 10.5. The van der Waals surface area contributed by atoms with E-state index in [0.717, 1.165) is 10.6 Å². The van der Waals surface area contributed by atoms with Gasteiger partial charge in [-0.2, -0.15) is 0 Å². The average molecular weight is 389 g/mol. The van der Waals surface area contributed by atoms with Gasteiger partial charge in [0, 0.05) is 0 Å². The summed E-state index contributed by atoms with van der Waals surface area (Å²) in [7, 11) is 0. The van der Waals surface area contributed by atoms with E-state index in [0.29, 0.717) is 5.76 Å². The topological polar surface area (TPSA) is 39.4 Å². The molecule has 0 aliphatic carbocycles. The fourth-order valence-electron chi connectivity index (χ4n) is 2.24. The summed E-state index contributed by atoms with van der Waals surface area (Å²) in [6, 6.07) is 21.2. The first-order valence-corrected chi connectivity index (χ1v) is 11.0. The summed E-state index contributed by atoms with van der Waals surface area (Å²) in [6.45, 7) is 1.73. The van der Waals surface area contributed by atoms with Crippen molar-refractivity contribution in [3.63, 3.8) is 0 Å². The molecular weight excluding hydrogens is 374 g/mol. The molecule has 116 valence electrons. The number of aryl methyl sites for hydroxylation is 1. The fraction of sp³-hybridized carbons (Fsp3) is 0.0556. The van der Waals surface area contributed by atoms with E-state index in [4.69, 9.17) is 8.94 Å². The minimum atomic E-state index is -2.33. The molecule has 0 spiro atoms. The van der Waals surface area contributed by atoms with Crippen LogP contribution in [0.1, 0.15) is 5.76 Å². The molecule has 0 amide bonds. The van der Waals surface area contributed by atoms with Crippen LogP contribution in [0.4, 0.5) is 0 Å². The van der Waals surface area contributed by atoms with Crippen molar-refractivity contribution in [1.82, 2.24) is 0 Å². The zero-order valence-electron chi connectivity index (χ0n) is 12.5. The van der Waals surface area contributed by atoms with Gasteiger partial charge in [-0.15, -0.1) is 0 Å². The Morgan fingerprint density at radius 1 is 0.913 bits per heavy atom. The van der Waals surface area contributed by atoms with Crippen LogP contribution in [0.3, 0.4) is 0 Å². The third-order valence-corrected chi connectivity index (χ3v) is 8.94. The van der Waals surface area contributed by atoms with Gasteiger partial charge in [0.15, 0.2) is 0 Å². The van der Waals surface area contributed by atoms with Crippen molar-refractivity contribution in [1.29, 1.82) is 0 Å². The van der Waals surface area contributed by atoms with Crippen molar-refractivity contribution in [3.05, 3.63) is 89.0 Å². The van der Waals surface area contributed by atoms with Crippen LogP contribution in [0.2, 0.25) is 0 Å². The van der Waals surface area contributed by atoms with Crippen molar-refractivity contribution in [3.8, 4) is 5.75 Å². The normalized spacial score (nSPS) is 11.2. The number of rotatable bonds is 4. The molecule has 0 saturated heterocycles. The van der Waals surface area contributed by atoms with E-state index < -0.39 is 5.74 Å². The Morgan fingerprint density at radius 2 is 1.43 bits per heavy atom. The van der Waals surface area contributed by atoms with Crippen molar-refractivity contribution in [2.24, 2.45) is 0 Å². The number of benzene rings is 2. The molecule has 3 aromatic rings. The van der Waals surface area contributed by atoms with Crippen LogP contribution in [0.5, 0.6) is 5.75 Å². The predicted molar refractivity (Wildman–Crippen MR) is 95.2 cm³/mol. The van der Waals surface area contributed by atoms with E-state index in [1.165, 1.54) is 12.3 Å². The Bertz CT molecular complexity index is 861. The summed E-state index contributed by atoms with van der Waals surface area (Å²) in [4.78, 5) is 12.2. The van der Waals surface area contributed by atoms with Crippen LogP contribution in [0.15, 0.2) is 82.2 Å². The number of hydrogen-bond donors (Lipinski definition) is 0. The Kier molecular flexibility index (Phi) is 4.68. The van der Waals surface area contributed by atoms with Gasteiger partial charge in [0.2, 0.25) is 0 Å². The van der Waals surface area contributed by atoms with Crippen LogP contribution in [-0.4, -0.2) is 15.1 Å². The van der Waals surface area contributed by atoms with Crippen LogP contribution in [0.25, 0.3) is 0 Å². The van der Waals surface area contributed by atoms with Gasteiger partial charge in [0.1, 0.15) is 0 Å². The van der Waals surface area contributed by atoms with E-state index in [1.54, 1.807) is 6.92 Å². The Morgan fingerprint density at radius 3 is 1.91 bits per heavy atom. The number of hydrogen-bond acceptors (Lipinski definition) is 3. The Hall–Kier alpha value is -1.86. The molecule has 1 aromatic heterocycles. The third-order valence-electron chi connectivity index (χ3n) is 3.42. The van der Waals surface area contributed by atoms with Gasteiger partial charge in [-0.1, -0.05) is 0 Å². The zero-order valence-corrected chi connectivity index (χ0v) is 15.1. The second kappa shape index (κ2) is 6.72. The molecule has 0 unspecified atom stereocenters. The van der Waals surface area contributed by atoms with Crippen molar-refractivity contribution in [2.75, 3.05) is 0 Å². The van der Waals surface area contributed by atoms with Crippen LogP contribution >= 0.6 is 5.74 Å². The van der Waals surface area contributed by atoms with E-state index in [9.17, 15) is 4.79 Å². The fourth-order valence-corrected chi connectivity index (χ4v) is 6.36. The van der Waals surface area contributed by atoms with E-state index >= 15 is 0 Å². The van der Waals surface area contributed by atoms with Crippen molar-refractivity contribution in [2.45, 2.75) is 6.92 Å². The standard InChI is InChI=1S/C18H15O3PSe/c1-14-18(17(19)12-13-20-14)21-22(23,15-8-4-2-5-9-15)16-10-6-3-7-11-16/h2-13H,1H3. The zero-order chi connectivity index (χ0) is 16.3. The molecule has 0 saturated carbocycles.